The lowest BCUT2D eigenvalue weighted by atomic mass is 10.1. The summed E-state index contributed by atoms with van der Waals surface area (Å²) in [6.45, 7) is 1.66. The number of nitrogens with one attached hydrogen (secondary N) is 2. The van der Waals surface area contributed by atoms with Gasteiger partial charge in [-0.1, -0.05) is 48.5 Å². The Kier molecular flexibility index (Phi) is 7.05. The van der Waals surface area contributed by atoms with Gasteiger partial charge >= 0.3 is 0 Å². The second-order valence-electron chi connectivity index (χ2n) is 6.64. The molecule has 2 N–H and O–H groups in total. The molecule has 0 heterocycles. The number of carbonyl (C=O) groups excluding carboxylic acids is 2. The van der Waals surface area contributed by atoms with Gasteiger partial charge in [-0.3, -0.25) is 9.59 Å². The Hall–Kier alpha value is -3.80. The van der Waals surface area contributed by atoms with Crippen LogP contribution in [0.3, 0.4) is 0 Å². The number of ether oxygens (including phenoxy) is 2. The summed E-state index contributed by atoms with van der Waals surface area (Å²) in [7, 11) is 1.59. The normalized spacial score (nSPS) is 11.3. The smallest absolute Gasteiger partial charge is 0.259 e. The first-order chi connectivity index (χ1) is 14.6. The maximum atomic E-state index is 12.6. The van der Waals surface area contributed by atoms with E-state index in [1.54, 1.807) is 43.5 Å². The van der Waals surface area contributed by atoms with Gasteiger partial charge in [-0.15, -0.1) is 0 Å². The zero-order valence-electron chi connectivity index (χ0n) is 16.9. The quantitative estimate of drug-likeness (QED) is 0.590. The highest BCUT2D eigenvalue weighted by Gasteiger charge is 2.16. The Morgan fingerprint density at radius 1 is 0.867 bits per heavy atom. The molecule has 3 rings (SSSR count). The lowest BCUT2D eigenvalue weighted by Gasteiger charge is -2.18. The summed E-state index contributed by atoms with van der Waals surface area (Å²) in [5.74, 6) is 0.437. The van der Waals surface area contributed by atoms with Crippen molar-refractivity contribution in [2.24, 2.45) is 0 Å². The van der Waals surface area contributed by atoms with Crippen LogP contribution in [-0.4, -0.2) is 25.5 Å². The van der Waals surface area contributed by atoms with Crippen molar-refractivity contribution < 1.29 is 19.1 Å². The van der Waals surface area contributed by atoms with Crippen LogP contribution in [0.1, 0.15) is 28.9 Å². The third kappa shape index (κ3) is 5.38. The number of rotatable bonds is 8. The number of hydrogen-bond acceptors (Lipinski definition) is 4. The molecule has 0 aromatic heterocycles. The first-order valence-corrected chi connectivity index (χ1v) is 9.59. The van der Waals surface area contributed by atoms with Crippen molar-refractivity contribution in [3.63, 3.8) is 0 Å². The maximum Gasteiger partial charge on any atom is 0.259 e. The first kappa shape index (κ1) is 20.9. The van der Waals surface area contributed by atoms with E-state index in [-0.39, 0.29) is 24.5 Å². The Morgan fingerprint density at radius 3 is 2.23 bits per heavy atom. The zero-order valence-corrected chi connectivity index (χ0v) is 16.9. The van der Waals surface area contributed by atoms with Crippen LogP contribution in [0.5, 0.6) is 11.5 Å². The molecule has 6 nitrogen and oxygen atoms in total. The zero-order chi connectivity index (χ0) is 21.3. The second-order valence-corrected chi connectivity index (χ2v) is 6.64. The van der Waals surface area contributed by atoms with E-state index in [0.29, 0.717) is 22.7 Å². The fourth-order valence-electron chi connectivity index (χ4n) is 3.03. The van der Waals surface area contributed by atoms with E-state index in [2.05, 4.69) is 10.6 Å². The van der Waals surface area contributed by atoms with Gasteiger partial charge in [0.2, 0.25) is 0 Å². The van der Waals surface area contributed by atoms with Gasteiger partial charge in [-0.05, 0) is 37.3 Å². The van der Waals surface area contributed by atoms with Crippen molar-refractivity contribution >= 4 is 17.5 Å². The summed E-state index contributed by atoms with van der Waals surface area (Å²) in [6.07, 6.45) is 0. The SMILES string of the molecule is COc1ccccc1C(C)NC(=O)COc1ccccc1C(=O)Nc1ccccc1. The summed E-state index contributed by atoms with van der Waals surface area (Å²) < 4.78 is 11.0. The lowest BCUT2D eigenvalue weighted by Crippen LogP contribution is -2.31. The minimum absolute atomic E-state index is 0.213. The van der Waals surface area contributed by atoms with Crippen molar-refractivity contribution in [3.05, 3.63) is 90.0 Å². The molecular formula is C24H24N2O4. The van der Waals surface area contributed by atoms with Crippen molar-refractivity contribution in [3.8, 4) is 11.5 Å². The number of hydrogen-bond donors (Lipinski definition) is 2. The predicted molar refractivity (Wildman–Crippen MR) is 116 cm³/mol. The standard InChI is InChI=1S/C24H24N2O4/c1-17(19-12-6-8-14-21(19)29-2)25-23(27)16-30-22-15-9-7-13-20(22)24(28)26-18-10-4-3-5-11-18/h3-15,17H,16H2,1-2H3,(H,25,27)(H,26,28). The summed E-state index contributed by atoms with van der Waals surface area (Å²) in [6, 6.07) is 23.2. The molecule has 0 aliphatic carbocycles. The summed E-state index contributed by atoms with van der Waals surface area (Å²) in [5, 5.41) is 5.70. The molecular weight excluding hydrogens is 380 g/mol. The number of methoxy groups -OCH3 is 1. The molecule has 0 bridgehead atoms. The van der Waals surface area contributed by atoms with Crippen LogP contribution < -0.4 is 20.1 Å². The number of benzene rings is 3. The van der Waals surface area contributed by atoms with Crippen molar-refractivity contribution in [1.82, 2.24) is 5.32 Å². The second kappa shape index (κ2) is 10.1. The molecule has 0 saturated carbocycles. The molecule has 0 aliphatic rings. The van der Waals surface area contributed by atoms with Crippen LogP contribution in [-0.2, 0) is 4.79 Å². The molecule has 0 radical (unpaired) electrons. The van der Waals surface area contributed by atoms with Crippen LogP contribution in [0, 0.1) is 0 Å². The van der Waals surface area contributed by atoms with Crippen molar-refractivity contribution in [2.45, 2.75) is 13.0 Å². The molecule has 0 aliphatic heterocycles. The molecule has 3 aromatic rings. The van der Waals surface area contributed by atoms with E-state index in [0.717, 1.165) is 5.56 Å². The van der Waals surface area contributed by atoms with E-state index >= 15 is 0 Å². The van der Waals surface area contributed by atoms with Crippen LogP contribution >= 0.6 is 0 Å². The fraction of sp³-hybridized carbons (Fsp3) is 0.167. The molecule has 1 atom stereocenters. The number of carbonyl (C=O) groups is 2. The fourth-order valence-corrected chi connectivity index (χ4v) is 3.03. The Labute approximate surface area is 175 Å². The van der Waals surface area contributed by atoms with Gasteiger partial charge < -0.3 is 20.1 Å². The maximum absolute atomic E-state index is 12.6. The Balaban J connectivity index is 1.62. The molecule has 154 valence electrons. The molecule has 6 heteroatoms. The highest BCUT2D eigenvalue weighted by atomic mass is 16.5. The first-order valence-electron chi connectivity index (χ1n) is 9.59. The average Bonchev–Trinajstić information content (AvgIpc) is 2.78. The van der Waals surface area contributed by atoms with Crippen LogP contribution in [0.15, 0.2) is 78.9 Å². The Morgan fingerprint density at radius 2 is 1.50 bits per heavy atom. The minimum Gasteiger partial charge on any atom is -0.496 e. The van der Waals surface area contributed by atoms with Gasteiger partial charge in [-0.2, -0.15) is 0 Å². The van der Waals surface area contributed by atoms with Crippen molar-refractivity contribution in [2.75, 3.05) is 19.0 Å². The third-order valence-electron chi connectivity index (χ3n) is 4.51. The summed E-state index contributed by atoms with van der Waals surface area (Å²) in [4.78, 5) is 25.0. The molecule has 0 spiro atoms. The highest BCUT2D eigenvalue weighted by Crippen LogP contribution is 2.24. The number of para-hydroxylation sites is 3. The predicted octanol–water partition coefficient (Wildman–Crippen LogP) is 4.20. The minimum atomic E-state index is -0.306. The van der Waals surface area contributed by atoms with Gasteiger partial charge in [0.25, 0.3) is 11.8 Å². The highest BCUT2D eigenvalue weighted by molar-refractivity contribution is 6.06. The summed E-state index contributed by atoms with van der Waals surface area (Å²) in [5.41, 5.74) is 1.91. The van der Waals surface area contributed by atoms with E-state index in [1.165, 1.54) is 0 Å². The van der Waals surface area contributed by atoms with Gasteiger partial charge in [0.15, 0.2) is 6.61 Å². The number of amides is 2. The molecule has 1 unspecified atom stereocenters. The third-order valence-corrected chi connectivity index (χ3v) is 4.51. The lowest BCUT2D eigenvalue weighted by molar-refractivity contribution is -0.123. The van der Waals surface area contributed by atoms with Crippen LogP contribution in [0.2, 0.25) is 0 Å². The van der Waals surface area contributed by atoms with E-state index < -0.39 is 0 Å². The van der Waals surface area contributed by atoms with Gasteiger partial charge in [-0.25, -0.2) is 0 Å². The molecule has 0 saturated heterocycles. The van der Waals surface area contributed by atoms with E-state index in [4.69, 9.17) is 9.47 Å². The van der Waals surface area contributed by atoms with E-state index in [9.17, 15) is 9.59 Å². The van der Waals surface area contributed by atoms with Gasteiger partial charge in [0.05, 0.1) is 18.7 Å². The summed E-state index contributed by atoms with van der Waals surface area (Å²) >= 11 is 0. The molecule has 30 heavy (non-hydrogen) atoms. The van der Waals surface area contributed by atoms with E-state index in [1.807, 2.05) is 49.4 Å². The number of anilines is 1. The Bertz CT molecular complexity index is 1000. The molecule has 0 fully saturated rings. The van der Waals surface area contributed by atoms with Crippen LogP contribution in [0.4, 0.5) is 5.69 Å². The van der Waals surface area contributed by atoms with Gasteiger partial charge in [0, 0.05) is 11.3 Å². The molecule has 2 amide bonds. The largest absolute Gasteiger partial charge is 0.496 e. The molecule has 3 aromatic carbocycles. The van der Waals surface area contributed by atoms with Gasteiger partial charge in [0.1, 0.15) is 11.5 Å². The topological polar surface area (TPSA) is 76.7 Å². The average molecular weight is 404 g/mol. The monoisotopic (exact) mass is 404 g/mol. The van der Waals surface area contributed by atoms with Crippen LogP contribution in [0.25, 0.3) is 0 Å². The van der Waals surface area contributed by atoms with Crippen molar-refractivity contribution in [1.29, 1.82) is 0 Å².